The van der Waals surface area contributed by atoms with Gasteiger partial charge in [-0.2, -0.15) is 0 Å². The second kappa shape index (κ2) is 58.4. The van der Waals surface area contributed by atoms with E-state index < -0.39 is 6.10 Å². The summed E-state index contributed by atoms with van der Waals surface area (Å²) >= 11 is 0. The Kier molecular flexibility index (Phi) is 54.9. The highest BCUT2D eigenvalue weighted by Crippen LogP contribution is 2.14. The van der Waals surface area contributed by atoms with Crippen LogP contribution in [0.4, 0.5) is 0 Å². The van der Waals surface area contributed by atoms with E-state index in [9.17, 15) is 14.4 Å². The predicted molar refractivity (Wildman–Crippen MR) is 306 cm³/mol. The van der Waals surface area contributed by atoms with Gasteiger partial charge in [-0.3, -0.25) is 14.4 Å². The van der Waals surface area contributed by atoms with Crippen LogP contribution in [0.2, 0.25) is 0 Å². The summed E-state index contributed by atoms with van der Waals surface area (Å²) in [6, 6.07) is 0. The van der Waals surface area contributed by atoms with Gasteiger partial charge in [-0.1, -0.05) is 232 Å². The molecule has 6 nitrogen and oxygen atoms in total. The van der Waals surface area contributed by atoms with E-state index >= 15 is 0 Å². The normalized spacial score (nSPS) is 13.0. The molecule has 1 atom stereocenters. The number of hydrogen-bond acceptors (Lipinski definition) is 6. The van der Waals surface area contributed by atoms with Crippen LogP contribution in [-0.4, -0.2) is 37.2 Å². The first kappa shape index (κ1) is 66.8. The zero-order valence-electron chi connectivity index (χ0n) is 45.9. The van der Waals surface area contributed by atoms with E-state index in [2.05, 4.69) is 130 Å². The van der Waals surface area contributed by atoms with Gasteiger partial charge in [0.05, 0.1) is 0 Å². The maximum atomic E-state index is 12.8. The van der Waals surface area contributed by atoms with E-state index in [0.717, 1.165) is 83.5 Å². The van der Waals surface area contributed by atoms with Gasteiger partial charge in [-0.05, 0) is 122 Å². The van der Waals surface area contributed by atoms with Crippen LogP contribution in [0.15, 0.2) is 122 Å². The van der Waals surface area contributed by atoms with Crippen molar-refractivity contribution in [2.45, 2.75) is 258 Å². The highest BCUT2D eigenvalue weighted by molar-refractivity contribution is 5.71. The van der Waals surface area contributed by atoms with Gasteiger partial charge >= 0.3 is 17.9 Å². The maximum absolute atomic E-state index is 12.8. The lowest BCUT2D eigenvalue weighted by Crippen LogP contribution is -2.30. The molecule has 0 spiro atoms. The van der Waals surface area contributed by atoms with E-state index in [1.54, 1.807) is 0 Å². The zero-order chi connectivity index (χ0) is 51.4. The molecule has 0 aliphatic heterocycles. The summed E-state index contributed by atoms with van der Waals surface area (Å²) < 4.78 is 16.8. The van der Waals surface area contributed by atoms with Crippen LogP contribution in [0.1, 0.15) is 252 Å². The lowest BCUT2D eigenvalue weighted by Gasteiger charge is -2.18. The Hall–Kier alpha value is -4.19. The number of rotatable bonds is 51. The molecule has 0 unspecified atom stereocenters. The first-order valence-corrected chi connectivity index (χ1v) is 29.0. The maximum Gasteiger partial charge on any atom is 0.306 e. The summed E-state index contributed by atoms with van der Waals surface area (Å²) in [6.45, 7) is 6.39. The van der Waals surface area contributed by atoms with Crippen LogP contribution in [0.5, 0.6) is 0 Å². The van der Waals surface area contributed by atoms with E-state index in [0.29, 0.717) is 19.3 Å². The van der Waals surface area contributed by atoms with Crippen LogP contribution >= 0.6 is 0 Å². The van der Waals surface area contributed by atoms with Crippen LogP contribution in [0.25, 0.3) is 0 Å². The fourth-order valence-electron chi connectivity index (χ4n) is 7.59. The quantitative estimate of drug-likeness (QED) is 0.0261. The highest BCUT2D eigenvalue weighted by atomic mass is 16.6. The van der Waals surface area contributed by atoms with Gasteiger partial charge in [0.2, 0.25) is 0 Å². The first-order valence-electron chi connectivity index (χ1n) is 29.0. The standard InChI is InChI=1S/C65H106O6/c1-4-7-10-13-16-19-22-25-28-30-32-34-37-39-42-45-48-51-54-57-63(66)69-60-62(71-65(68)59-56-53-50-47-44-41-36-27-24-21-18-15-12-9-6-3)61-70-64(67)58-55-52-49-46-43-40-38-35-33-31-29-26-23-20-17-14-11-8-5-2/h7,10,16,18-19,21,25-29,32,34,36,39,42,44,47-48,51,62H,4-6,8-9,11-15,17,20,22-24,30-31,33,35,37-38,40-41,43,45-46,49-50,52-61H2,1-3H3/b10-7-,19-16-,21-18-,28-25-,29-26-,34-32-,36-27-,42-39-,47-44-,51-48-/t62-/m1/s1. The summed E-state index contributed by atoms with van der Waals surface area (Å²) in [4.78, 5) is 38.1. The van der Waals surface area contributed by atoms with Crippen molar-refractivity contribution >= 4 is 17.9 Å². The third kappa shape index (κ3) is 56.6. The third-order valence-corrected chi connectivity index (χ3v) is 11.9. The largest absolute Gasteiger partial charge is 0.462 e. The van der Waals surface area contributed by atoms with Gasteiger partial charge < -0.3 is 14.2 Å². The second-order valence-electron chi connectivity index (χ2n) is 18.8. The zero-order valence-corrected chi connectivity index (χ0v) is 45.9. The fourth-order valence-corrected chi connectivity index (χ4v) is 7.59. The molecule has 402 valence electrons. The lowest BCUT2D eigenvalue weighted by molar-refractivity contribution is -0.166. The molecule has 0 aromatic rings. The minimum absolute atomic E-state index is 0.120. The Morgan fingerprint density at radius 3 is 1.01 bits per heavy atom. The third-order valence-electron chi connectivity index (χ3n) is 11.9. The first-order chi connectivity index (χ1) is 35.0. The molecule has 0 saturated heterocycles. The molecule has 0 aromatic heterocycles. The molecule has 0 rings (SSSR count). The average molecular weight is 984 g/mol. The number of unbranched alkanes of at least 4 members (excludes halogenated alkanes) is 20. The van der Waals surface area contributed by atoms with Crippen molar-refractivity contribution in [2.24, 2.45) is 0 Å². The summed E-state index contributed by atoms with van der Waals surface area (Å²) in [5.74, 6) is -1.05. The number of ether oxygens (including phenoxy) is 3. The molecule has 0 heterocycles. The van der Waals surface area contributed by atoms with Crippen LogP contribution in [0.3, 0.4) is 0 Å². The van der Waals surface area contributed by atoms with E-state index in [4.69, 9.17) is 14.2 Å². The number of carbonyl (C=O) groups excluding carboxylic acids is 3. The van der Waals surface area contributed by atoms with Crippen LogP contribution < -0.4 is 0 Å². The number of esters is 3. The molecule has 0 fully saturated rings. The van der Waals surface area contributed by atoms with Crippen molar-refractivity contribution in [1.82, 2.24) is 0 Å². The average Bonchev–Trinajstić information content (AvgIpc) is 3.37. The number of carbonyl (C=O) groups is 3. The molecule has 0 saturated carbocycles. The van der Waals surface area contributed by atoms with Crippen molar-refractivity contribution in [3.63, 3.8) is 0 Å². The van der Waals surface area contributed by atoms with Gasteiger partial charge in [-0.25, -0.2) is 0 Å². The summed E-state index contributed by atoms with van der Waals surface area (Å²) in [6.07, 6.45) is 80.6. The monoisotopic (exact) mass is 983 g/mol. The minimum Gasteiger partial charge on any atom is -0.462 e. The van der Waals surface area contributed by atoms with Crippen molar-refractivity contribution in [2.75, 3.05) is 13.2 Å². The Morgan fingerprint density at radius 1 is 0.296 bits per heavy atom. The van der Waals surface area contributed by atoms with Crippen molar-refractivity contribution < 1.29 is 28.6 Å². The Morgan fingerprint density at radius 2 is 0.577 bits per heavy atom. The lowest BCUT2D eigenvalue weighted by atomic mass is 10.1. The van der Waals surface area contributed by atoms with Crippen LogP contribution in [-0.2, 0) is 28.6 Å². The molecule has 0 aromatic carbocycles. The van der Waals surface area contributed by atoms with Gasteiger partial charge in [0, 0.05) is 19.3 Å². The molecule has 0 aliphatic carbocycles. The molecular weight excluding hydrogens is 877 g/mol. The molecule has 0 N–H and O–H groups in total. The van der Waals surface area contributed by atoms with Gasteiger partial charge in [0.15, 0.2) is 6.10 Å². The Balaban J connectivity index is 4.54. The molecular formula is C65H106O6. The predicted octanol–water partition coefficient (Wildman–Crippen LogP) is 19.6. The van der Waals surface area contributed by atoms with Crippen LogP contribution in [0, 0.1) is 0 Å². The SMILES string of the molecule is CC/C=C\C/C=C\C/C=C\C/C=C\C/C=C\C/C=C\CCC(=O)OC[C@H](COC(=O)CCCCCCCCCCC/C=C\CCCCCCCC)OC(=O)CCCC/C=C\C/C=C\C/C=C\CCCCC. The van der Waals surface area contributed by atoms with Crippen molar-refractivity contribution in [1.29, 1.82) is 0 Å². The summed E-state index contributed by atoms with van der Waals surface area (Å²) in [5.41, 5.74) is 0. The number of hydrogen-bond donors (Lipinski definition) is 0. The molecule has 6 heteroatoms. The van der Waals surface area contributed by atoms with Gasteiger partial charge in [-0.15, -0.1) is 0 Å². The van der Waals surface area contributed by atoms with Gasteiger partial charge in [0.25, 0.3) is 0 Å². The fraction of sp³-hybridized carbons (Fsp3) is 0.646. The van der Waals surface area contributed by atoms with Crippen molar-refractivity contribution in [3.05, 3.63) is 122 Å². The minimum atomic E-state index is -0.833. The Labute approximate surface area is 437 Å². The Bertz CT molecular complexity index is 1500. The van der Waals surface area contributed by atoms with E-state index in [1.165, 1.54) is 116 Å². The topological polar surface area (TPSA) is 78.9 Å². The molecule has 0 bridgehead atoms. The second-order valence-corrected chi connectivity index (χ2v) is 18.8. The molecule has 71 heavy (non-hydrogen) atoms. The molecule has 0 amide bonds. The molecule has 0 radical (unpaired) electrons. The highest BCUT2D eigenvalue weighted by Gasteiger charge is 2.19. The van der Waals surface area contributed by atoms with Gasteiger partial charge in [0.1, 0.15) is 13.2 Å². The summed E-state index contributed by atoms with van der Waals surface area (Å²) in [5, 5.41) is 0. The van der Waals surface area contributed by atoms with E-state index in [1.807, 2.05) is 12.2 Å². The number of allylic oxidation sites excluding steroid dienone is 20. The van der Waals surface area contributed by atoms with Crippen molar-refractivity contribution in [3.8, 4) is 0 Å². The van der Waals surface area contributed by atoms with E-state index in [-0.39, 0.29) is 44.0 Å². The smallest absolute Gasteiger partial charge is 0.306 e. The molecule has 0 aliphatic rings. The summed E-state index contributed by atoms with van der Waals surface area (Å²) in [7, 11) is 0.